The molecule has 1 heteroatoms. The predicted octanol–water partition coefficient (Wildman–Crippen LogP) is 3.47. The van der Waals surface area contributed by atoms with E-state index in [0.717, 1.165) is 18.4 Å². The molecule has 0 aliphatic carbocycles. The topological polar surface area (TPSA) is 20.2 Å². The molecule has 0 radical (unpaired) electrons. The molecule has 0 spiro atoms. The summed E-state index contributed by atoms with van der Waals surface area (Å²) in [6, 6.07) is 8.34. The molecule has 0 aromatic heterocycles. The van der Waals surface area contributed by atoms with Gasteiger partial charge in [-0.3, -0.25) is 0 Å². The predicted molar refractivity (Wildman–Crippen MR) is 60.3 cm³/mol. The third-order valence-corrected chi connectivity index (χ3v) is 2.57. The van der Waals surface area contributed by atoms with E-state index in [1.807, 2.05) is 19.1 Å². The van der Waals surface area contributed by atoms with Crippen molar-refractivity contribution in [1.82, 2.24) is 0 Å². The summed E-state index contributed by atoms with van der Waals surface area (Å²) < 4.78 is 0. The van der Waals surface area contributed by atoms with E-state index in [0.29, 0.717) is 0 Å². The zero-order valence-corrected chi connectivity index (χ0v) is 9.16. The van der Waals surface area contributed by atoms with Gasteiger partial charge >= 0.3 is 0 Å². The summed E-state index contributed by atoms with van der Waals surface area (Å²) in [5.41, 5.74) is 2.41. The van der Waals surface area contributed by atoms with Crippen molar-refractivity contribution < 1.29 is 5.11 Å². The number of unbranched alkanes of at least 4 members (excludes halogenated alkanes) is 1. The van der Waals surface area contributed by atoms with Gasteiger partial charge in [0.15, 0.2) is 0 Å². The Bertz CT molecular complexity index is 250. The Labute approximate surface area is 86.8 Å². The van der Waals surface area contributed by atoms with Gasteiger partial charge in [0.25, 0.3) is 0 Å². The summed E-state index contributed by atoms with van der Waals surface area (Å²) in [7, 11) is 0. The molecule has 0 heterocycles. The van der Waals surface area contributed by atoms with Crippen molar-refractivity contribution in [1.29, 1.82) is 0 Å². The maximum Gasteiger partial charge on any atom is 0.0787 e. The van der Waals surface area contributed by atoms with Gasteiger partial charge in [0, 0.05) is 0 Å². The summed E-state index contributed by atoms with van der Waals surface area (Å²) in [5.74, 6) is 0. The zero-order chi connectivity index (χ0) is 10.4. The van der Waals surface area contributed by atoms with E-state index in [1.54, 1.807) is 0 Å². The Morgan fingerprint density at radius 2 is 1.79 bits per heavy atom. The summed E-state index contributed by atoms with van der Waals surface area (Å²) in [5, 5.41) is 9.60. The molecule has 0 saturated heterocycles. The first kappa shape index (κ1) is 11.3. The van der Waals surface area contributed by atoms with Gasteiger partial charge in [-0.1, -0.05) is 44.5 Å². The third-order valence-electron chi connectivity index (χ3n) is 2.57. The highest BCUT2D eigenvalue weighted by molar-refractivity contribution is 5.24. The van der Waals surface area contributed by atoms with E-state index < -0.39 is 0 Å². The molecule has 1 N–H and O–H groups in total. The van der Waals surface area contributed by atoms with Gasteiger partial charge in [0.2, 0.25) is 0 Å². The SMILES string of the molecule is CCCCc1ccc([C@@H](O)CC)cc1. The first-order valence-electron chi connectivity index (χ1n) is 5.54. The van der Waals surface area contributed by atoms with Gasteiger partial charge in [0.05, 0.1) is 6.10 Å². The van der Waals surface area contributed by atoms with E-state index in [-0.39, 0.29) is 6.10 Å². The lowest BCUT2D eigenvalue weighted by Crippen LogP contribution is -1.95. The molecule has 1 rings (SSSR count). The number of aliphatic hydroxyl groups excluding tert-OH is 1. The lowest BCUT2D eigenvalue weighted by molar-refractivity contribution is 0.173. The van der Waals surface area contributed by atoms with Crippen molar-refractivity contribution in [2.45, 2.75) is 45.6 Å². The van der Waals surface area contributed by atoms with E-state index in [2.05, 4.69) is 19.1 Å². The second kappa shape index (κ2) is 5.82. The molecule has 0 saturated carbocycles. The fraction of sp³-hybridized carbons (Fsp3) is 0.538. The molecule has 1 nitrogen and oxygen atoms in total. The first-order valence-corrected chi connectivity index (χ1v) is 5.54. The number of aryl methyl sites for hydroxylation is 1. The van der Waals surface area contributed by atoms with Crippen LogP contribution in [-0.2, 0) is 6.42 Å². The van der Waals surface area contributed by atoms with Crippen molar-refractivity contribution in [2.75, 3.05) is 0 Å². The second-order valence-electron chi connectivity index (χ2n) is 3.77. The molecule has 14 heavy (non-hydrogen) atoms. The first-order chi connectivity index (χ1) is 6.77. The highest BCUT2D eigenvalue weighted by Crippen LogP contribution is 2.17. The summed E-state index contributed by atoms with van der Waals surface area (Å²) in [6.07, 6.45) is 4.12. The largest absolute Gasteiger partial charge is 0.388 e. The minimum absolute atomic E-state index is 0.296. The van der Waals surface area contributed by atoms with Gasteiger partial charge < -0.3 is 5.11 Å². The number of rotatable bonds is 5. The fourth-order valence-corrected chi connectivity index (χ4v) is 1.52. The lowest BCUT2D eigenvalue weighted by Gasteiger charge is -2.08. The monoisotopic (exact) mass is 192 g/mol. The van der Waals surface area contributed by atoms with E-state index in [1.165, 1.54) is 18.4 Å². The quantitative estimate of drug-likeness (QED) is 0.757. The third kappa shape index (κ3) is 3.15. The maximum atomic E-state index is 9.60. The molecule has 0 aliphatic heterocycles. The smallest absolute Gasteiger partial charge is 0.0787 e. The number of hydrogen-bond donors (Lipinski definition) is 1. The maximum absolute atomic E-state index is 9.60. The Kier molecular flexibility index (Phi) is 4.68. The van der Waals surface area contributed by atoms with Crippen LogP contribution in [0, 0.1) is 0 Å². The Morgan fingerprint density at radius 3 is 2.29 bits per heavy atom. The molecule has 78 valence electrons. The van der Waals surface area contributed by atoms with E-state index >= 15 is 0 Å². The number of aliphatic hydroxyl groups is 1. The van der Waals surface area contributed by atoms with Crippen molar-refractivity contribution in [2.24, 2.45) is 0 Å². The van der Waals surface area contributed by atoms with E-state index in [4.69, 9.17) is 0 Å². The Balaban J connectivity index is 2.59. The van der Waals surface area contributed by atoms with E-state index in [9.17, 15) is 5.11 Å². The number of hydrogen-bond acceptors (Lipinski definition) is 1. The van der Waals surface area contributed by atoms with Gasteiger partial charge in [0.1, 0.15) is 0 Å². The molecular formula is C13H20O. The molecule has 0 amide bonds. The summed E-state index contributed by atoms with van der Waals surface area (Å²) >= 11 is 0. The molecule has 0 bridgehead atoms. The van der Waals surface area contributed by atoms with Gasteiger partial charge in [-0.05, 0) is 30.4 Å². The average Bonchev–Trinajstić information content (AvgIpc) is 2.26. The van der Waals surface area contributed by atoms with Crippen LogP contribution in [-0.4, -0.2) is 5.11 Å². The van der Waals surface area contributed by atoms with Crippen LogP contribution in [0.4, 0.5) is 0 Å². The second-order valence-corrected chi connectivity index (χ2v) is 3.77. The van der Waals surface area contributed by atoms with Crippen LogP contribution in [0.3, 0.4) is 0 Å². The Hall–Kier alpha value is -0.820. The summed E-state index contributed by atoms with van der Waals surface area (Å²) in [6.45, 7) is 4.20. The van der Waals surface area contributed by atoms with Crippen molar-refractivity contribution >= 4 is 0 Å². The van der Waals surface area contributed by atoms with Crippen LogP contribution in [0.2, 0.25) is 0 Å². The summed E-state index contributed by atoms with van der Waals surface area (Å²) in [4.78, 5) is 0. The molecule has 1 aromatic rings. The fourth-order valence-electron chi connectivity index (χ4n) is 1.52. The average molecular weight is 192 g/mol. The molecule has 1 atom stereocenters. The van der Waals surface area contributed by atoms with Gasteiger partial charge in [-0.15, -0.1) is 0 Å². The van der Waals surface area contributed by atoms with Crippen LogP contribution in [0.25, 0.3) is 0 Å². The van der Waals surface area contributed by atoms with Gasteiger partial charge in [-0.25, -0.2) is 0 Å². The normalized spacial score (nSPS) is 12.8. The van der Waals surface area contributed by atoms with Crippen molar-refractivity contribution in [3.8, 4) is 0 Å². The van der Waals surface area contributed by atoms with Crippen molar-refractivity contribution in [3.63, 3.8) is 0 Å². The van der Waals surface area contributed by atoms with Crippen LogP contribution in [0.5, 0.6) is 0 Å². The molecule has 0 aliphatic rings. The van der Waals surface area contributed by atoms with Gasteiger partial charge in [-0.2, -0.15) is 0 Å². The van der Waals surface area contributed by atoms with Crippen LogP contribution in [0.1, 0.15) is 50.3 Å². The standard InChI is InChI=1S/C13H20O/c1-3-5-6-11-7-9-12(10-8-11)13(14)4-2/h7-10,13-14H,3-6H2,1-2H3/t13-/m0/s1. The minimum atomic E-state index is -0.296. The molecule has 0 unspecified atom stereocenters. The highest BCUT2D eigenvalue weighted by Gasteiger charge is 2.03. The number of benzene rings is 1. The Morgan fingerprint density at radius 1 is 1.14 bits per heavy atom. The lowest BCUT2D eigenvalue weighted by atomic mass is 10.0. The molecule has 0 fully saturated rings. The minimum Gasteiger partial charge on any atom is -0.388 e. The van der Waals surface area contributed by atoms with Crippen molar-refractivity contribution in [3.05, 3.63) is 35.4 Å². The molecular weight excluding hydrogens is 172 g/mol. The van der Waals surface area contributed by atoms with Crippen LogP contribution < -0.4 is 0 Å². The van der Waals surface area contributed by atoms with Crippen LogP contribution in [0.15, 0.2) is 24.3 Å². The highest BCUT2D eigenvalue weighted by atomic mass is 16.3. The zero-order valence-electron chi connectivity index (χ0n) is 9.16. The van der Waals surface area contributed by atoms with Crippen LogP contribution >= 0.6 is 0 Å². The molecule has 1 aromatic carbocycles.